The van der Waals surface area contributed by atoms with Gasteiger partial charge in [0.15, 0.2) is 5.79 Å². The van der Waals surface area contributed by atoms with E-state index in [-0.39, 0.29) is 5.60 Å². The van der Waals surface area contributed by atoms with E-state index in [1.54, 1.807) is 0 Å². The zero-order chi connectivity index (χ0) is 9.03. The van der Waals surface area contributed by atoms with Crippen LogP contribution in [-0.4, -0.2) is 16.5 Å². The average Bonchev–Trinajstić information content (AvgIpc) is 2.60. The Morgan fingerprint density at radius 3 is 2.64 bits per heavy atom. The van der Waals surface area contributed by atoms with Gasteiger partial charge in [0.2, 0.25) is 0 Å². The van der Waals surface area contributed by atoms with Gasteiger partial charge in [0.1, 0.15) is 0 Å². The molecule has 10 atom stereocenters. The molecule has 7 rings (SSSR count). The summed E-state index contributed by atoms with van der Waals surface area (Å²) in [6, 6.07) is 0. The highest BCUT2D eigenvalue weighted by molar-refractivity contribution is 5.40. The van der Waals surface area contributed by atoms with Crippen LogP contribution in [0.2, 0.25) is 0 Å². The van der Waals surface area contributed by atoms with Gasteiger partial charge in [-0.2, -0.15) is 0 Å². The topological polar surface area (TPSA) is 29.5 Å². The van der Waals surface area contributed by atoms with Crippen molar-refractivity contribution in [2.24, 2.45) is 47.3 Å². The predicted octanol–water partition coefficient (Wildman–Crippen LogP) is 0.852. The minimum absolute atomic E-state index is 0.0984. The number of ether oxygens (including phenoxy) is 1. The molecule has 2 nitrogen and oxygen atoms in total. The van der Waals surface area contributed by atoms with Crippen molar-refractivity contribution >= 4 is 0 Å². The van der Waals surface area contributed by atoms with Gasteiger partial charge in [-0.15, -0.1) is 0 Å². The largest absolute Gasteiger partial charge is 0.365 e. The number of hydrogen-bond acceptors (Lipinski definition) is 2. The van der Waals surface area contributed by atoms with Crippen molar-refractivity contribution < 1.29 is 9.84 Å². The van der Waals surface area contributed by atoms with E-state index in [4.69, 9.17) is 4.74 Å². The summed E-state index contributed by atoms with van der Waals surface area (Å²) in [6.07, 6.45) is 1.43. The summed E-state index contributed by atoms with van der Waals surface area (Å²) in [5, 5.41) is 10.7. The van der Waals surface area contributed by atoms with Crippen LogP contribution in [-0.2, 0) is 4.74 Å². The first kappa shape index (κ1) is 6.49. The molecule has 7 aliphatic rings. The van der Waals surface area contributed by atoms with Gasteiger partial charge >= 0.3 is 0 Å². The highest BCUT2D eigenvalue weighted by Gasteiger charge is 2.96. The Labute approximate surface area is 82.6 Å². The first-order chi connectivity index (χ1) is 6.68. The lowest BCUT2D eigenvalue weighted by Gasteiger charge is -2.45. The van der Waals surface area contributed by atoms with Gasteiger partial charge in [-0.05, 0) is 48.9 Å². The molecule has 0 radical (unpaired) electrons. The van der Waals surface area contributed by atoms with Gasteiger partial charge in [-0.25, -0.2) is 0 Å². The third kappa shape index (κ3) is 0.291. The molecule has 2 heteroatoms. The van der Waals surface area contributed by atoms with E-state index in [1.807, 2.05) is 0 Å². The van der Waals surface area contributed by atoms with E-state index < -0.39 is 5.79 Å². The summed E-state index contributed by atoms with van der Waals surface area (Å²) in [7, 11) is 0. The van der Waals surface area contributed by atoms with Crippen molar-refractivity contribution in [2.75, 3.05) is 0 Å². The standard InChI is InChI=1S/C12H14O2/c1-11-7-3-2-4-6-5(3)9(11)10(6)12(13,14-11)8(4)7/h3-10,13H,2H2,1H3/t3-,4+,5-,6+,7-,8+,9-,10-,11-,12-/m1/s1. The van der Waals surface area contributed by atoms with E-state index >= 15 is 0 Å². The molecule has 0 amide bonds. The molecule has 2 heterocycles. The van der Waals surface area contributed by atoms with Crippen LogP contribution in [0, 0.1) is 47.3 Å². The summed E-state index contributed by atoms with van der Waals surface area (Å²) in [5.74, 6) is 5.57. The fourth-order valence-electron chi connectivity index (χ4n) is 7.54. The van der Waals surface area contributed by atoms with E-state index in [1.165, 1.54) is 6.42 Å². The molecule has 2 saturated heterocycles. The SMILES string of the molecule is C[C@]12O[C@@]3(O)[C@@H]4[C@H]5[C@@H]6C[C@H]([C@H]5[C@H]41)[C@@H]2[C@H]63. The maximum absolute atomic E-state index is 10.7. The number of hydrogen-bond donors (Lipinski definition) is 1. The van der Waals surface area contributed by atoms with Crippen LogP contribution in [0.25, 0.3) is 0 Å². The molecule has 7 fully saturated rings. The van der Waals surface area contributed by atoms with E-state index in [0.29, 0.717) is 11.8 Å². The van der Waals surface area contributed by atoms with Crippen LogP contribution in [0.4, 0.5) is 0 Å². The lowest BCUT2D eigenvalue weighted by molar-refractivity contribution is -0.208. The Hall–Kier alpha value is -0.0800. The lowest BCUT2D eigenvalue weighted by Crippen LogP contribution is -2.50. The van der Waals surface area contributed by atoms with Gasteiger partial charge in [-0.3, -0.25) is 0 Å². The van der Waals surface area contributed by atoms with E-state index in [2.05, 4.69) is 6.92 Å². The van der Waals surface area contributed by atoms with Crippen molar-refractivity contribution in [1.29, 1.82) is 0 Å². The monoisotopic (exact) mass is 190 g/mol. The Bertz CT molecular complexity index is 367. The third-order valence-electron chi connectivity index (χ3n) is 7.17. The first-order valence-electron chi connectivity index (χ1n) is 6.10. The molecule has 5 aliphatic carbocycles. The normalized spacial score (nSPS) is 93.0. The smallest absolute Gasteiger partial charge is 0.173 e. The second-order valence-corrected chi connectivity index (χ2v) is 6.86. The molecule has 0 aromatic carbocycles. The minimum Gasteiger partial charge on any atom is -0.365 e. The van der Waals surface area contributed by atoms with Gasteiger partial charge in [0, 0.05) is 11.8 Å². The minimum atomic E-state index is -0.652. The van der Waals surface area contributed by atoms with Gasteiger partial charge in [0.05, 0.1) is 5.60 Å². The van der Waals surface area contributed by atoms with Crippen LogP contribution in [0.15, 0.2) is 0 Å². The lowest BCUT2D eigenvalue weighted by atomic mass is 9.57. The maximum atomic E-state index is 10.7. The summed E-state index contributed by atoms with van der Waals surface area (Å²) >= 11 is 0. The van der Waals surface area contributed by atoms with Crippen LogP contribution in [0.5, 0.6) is 0 Å². The molecule has 0 aromatic rings. The molecule has 4 bridgehead atoms. The molecular weight excluding hydrogens is 176 g/mol. The van der Waals surface area contributed by atoms with Gasteiger partial charge in [0.25, 0.3) is 0 Å². The van der Waals surface area contributed by atoms with E-state index in [0.717, 1.165) is 35.5 Å². The second kappa shape index (κ2) is 1.28. The molecule has 74 valence electrons. The van der Waals surface area contributed by atoms with Gasteiger partial charge in [-0.1, -0.05) is 0 Å². The Kier molecular flexibility index (Phi) is 0.592. The van der Waals surface area contributed by atoms with Crippen molar-refractivity contribution in [3.8, 4) is 0 Å². The molecule has 0 aromatic heterocycles. The van der Waals surface area contributed by atoms with Crippen molar-refractivity contribution in [3.05, 3.63) is 0 Å². The fourth-order valence-corrected chi connectivity index (χ4v) is 7.54. The van der Waals surface area contributed by atoms with Crippen LogP contribution in [0.1, 0.15) is 13.3 Å². The highest BCUT2D eigenvalue weighted by atomic mass is 16.7. The molecule has 1 N–H and O–H groups in total. The summed E-state index contributed by atoms with van der Waals surface area (Å²) in [6.45, 7) is 2.30. The third-order valence-corrected chi connectivity index (χ3v) is 7.17. The molecular formula is C12H14O2. The van der Waals surface area contributed by atoms with Crippen LogP contribution < -0.4 is 0 Å². The van der Waals surface area contributed by atoms with Crippen LogP contribution in [0.3, 0.4) is 0 Å². The zero-order valence-corrected chi connectivity index (χ0v) is 8.18. The number of aliphatic hydroxyl groups is 1. The highest BCUT2D eigenvalue weighted by Crippen LogP contribution is 2.92. The molecule has 2 aliphatic heterocycles. The summed E-state index contributed by atoms with van der Waals surface area (Å²) in [5.41, 5.74) is 0.0984. The Balaban J connectivity index is 1.83. The van der Waals surface area contributed by atoms with Crippen molar-refractivity contribution in [2.45, 2.75) is 24.7 Å². The van der Waals surface area contributed by atoms with Crippen molar-refractivity contribution in [1.82, 2.24) is 0 Å². The van der Waals surface area contributed by atoms with E-state index in [9.17, 15) is 5.11 Å². The first-order valence-corrected chi connectivity index (χ1v) is 6.10. The predicted molar refractivity (Wildman–Crippen MR) is 47.0 cm³/mol. The summed E-state index contributed by atoms with van der Waals surface area (Å²) in [4.78, 5) is 0. The van der Waals surface area contributed by atoms with Gasteiger partial charge < -0.3 is 9.84 Å². The quantitative estimate of drug-likeness (QED) is 0.613. The number of rotatable bonds is 0. The van der Waals surface area contributed by atoms with Crippen molar-refractivity contribution in [3.63, 3.8) is 0 Å². The van der Waals surface area contributed by atoms with Crippen LogP contribution >= 0.6 is 0 Å². The molecule has 5 saturated carbocycles. The second-order valence-electron chi connectivity index (χ2n) is 6.86. The maximum Gasteiger partial charge on any atom is 0.173 e. The molecule has 0 spiro atoms. The fraction of sp³-hybridized carbons (Fsp3) is 1.00. The average molecular weight is 190 g/mol. The summed E-state index contributed by atoms with van der Waals surface area (Å²) < 4.78 is 6.10. The molecule has 0 unspecified atom stereocenters. The zero-order valence-electron chi connectivity index (χ0n) is 8.18. The Morgan fingerprint density at radius 1 is 1.07 bits per heavy atom. The Morgan fingerprint density at radius 2 is 1.79 bits per heavy atom. The molecule has 14 heavy (non-hydrogen) atoms.